The summed E-state index contributed by atoms with van der Waals surface area (Å²) in [6, 6.07) is 4.07. The van der Waals surface area contributed by atoms with Crippen molar-refractivity contribution in [2.45, 2.75) is 31.7 Å². The second kappa shape index (κ2) is 3.80. The van der Waals surface area contributed by atoms with Crippen LogP contribution in [-0.4, -0.2) is 12.8 Å². The SMILES string of the molecule is [B]C(C)(P)c1ccc(C(C)C)cn1. The molecule has 0 saturated carbocycles. The first-order valence-electron chi connectivity index (χ1n) is 4.45. The lowest BCUT2D eigenvalue weighted by molar-refractivity contribution is 0.841. The van der Waals surface area contributed by atoms with E-state index in [9.17, 15) is 0 Å². The van der Waals surface area contributed by atoms with E-state index < -0.39 is 5.06 Å². The van der Waals surface area contributed by atoms with Crippen molar-refractivity contribution >= 4 is 17.1 Å². The summed E-state index contributed by atoms with van der Waals surface area (Å²) in [5.41, 5.74) is 2.15. The van der Waals surface area contributed by atoms with Gasteiger partial charge in [-0.25, -0.2) is 0 Å². The van der Waals surface area contributed by atoms with Crippen molar-refractivity contribution in [3.63, 3.8) is 0 Å². The smallest absolute Gasteiger partial charge is 0.0885 e. The van der Waals surface area contributed by atoms with Gasteiger partial charge in [-0.2, -0.15) is 0 Å². The van der Waals surface area contributed by atoms with Gasteiger partial charge < -0.3 is 0 Å². The Bertz CT molecular complexity index is 274. The maximum atomic E-state index is 5.88. The summed E-state index contributed by atoms with van der Waals surface area (Å²) in [5, 5.41) is -0.421. The standard InChI is InChI=1S/C10H15BNP/c1-7(2)8-4-5-9(12-6-8)10(3,11)13/h4-7H,13H2,1-3H3. The van der Waals surface area contributed by atoms with E-state index in [0.717, 1.165) is 5.69 Å². The zero-order chi connectivity index (χ0) is 10.1. The lowest BCUT2D eigenvalue weighted by Crippen LogP contribution is -2.14. The van der Waals surface area contributed by atoms with Crippen LogP contribution in [0.4, 0.5) is 0 Å². The van der Waals surface area contributed by atoms with Crippen LogP contribution < -0.4 is 0 Å². The molecule has 68 valence electrons. The lowest BCUT2D eigenvalue weighted by atomic mass is 9.84. The molecule has 2 radical (unpaired) electrons. The third kappa shape index (κ3) is 2.81. The number of aromatic nitrogens is 1. The first-order chi connectivity index (χ1) is 5.91. The molecule has 3 heteroatoms. The van der Waals surface area contributed by atoms with Gasteiger partial charge in [0.15, 0.2) is 0 Å². The Morgan fingerprint density at radius 2 is 2.08 bits per heavy atom. The first-order valence-corrected chi connectivity index (χ1v) is 5.03. The second-order valence-electron chi connectivity index (χ2n) is 3.91. The molecule has 0 spiro atoms. The van der Waals surface area contributed by atoms with E-state index in [4.69, 9.17) is 7.85 Å². The molecule has 1 aromatic rings. The molecular weight excluding hydrogens is 176 g/mol. The molecule has 1 nitrogen and oxygen atoms in total. The molecule has 2 unspecified atom stereocenters. The van der Waals surface area contributed by atoms with E-state index in [1.165, 1.54) is 5.56 Å². The minimum absolute atomic E-state index is 0.421. The summed E-state index contributed by atoms with van der Waals surface area (Å²) >= 11 is 0. The molecule has 1 heterocycles. The van der Waals surface area contributed by atoms with Gasteiger partial charge in [-0.15, -0.1) is 9.24 Å². The highest BCUT2D eigenvalue weighted by atomic mass is 31.0. The van der Waals surface area contributed by atoms with Crippen LogP contribution in [-0.2, 0) is 5.06 Å². The predicted octanol–water partition coefficient (Wildman–Crippen LogP) is 2.42. The van der Waals surface area contributed by atoms with Crippen molar-refractivity contribution in [2.24, 2.45) is 0 Å². The Morgan fingerprint density at radius 3 is 2.38 bits per heavy atom. The Morgan fingerprint density at radius 1 is 1.46 bits per heavy atom. The summed E-state index contributed by atoms with van der Waals surface area (Å²) in [7, 11) is 8.47. The van der Waals surface area contributed by atoms with E-state index in [0.29, 0.717) is 5.92 Å². The van der Waals surface area contributed by atoms with Crippen LogP contribution in [0.1, 0.15) is 37.9 Å². The van der Waals surface area contributed by atoms with Crippen LogP contribution in [0.5, 0.6) is 0 Å². The Labute approximate surface area is 84.0 Å². The molecule has 0 saturated heterocycles. The number of hydrogen-bond donors (Lipinski definition) is 0. The zero-order valence-electron chi connectivity index (χ0n) is 8.41. The summed E-state index contributed by atoms with van der Waals surface area (Å²) in [4.78, 5) is 4.33. The number of pyridine rings is 1. The highest BCUT2D eigenvalue weighted by molar-refractivity contribution is 7.21. The fourth-order valence-corrected chi connectivity index (χ4v) is 1.24. The summed E-state index contributed by atoms with van der Waals surface area (Å²) < 4.78 is 0. The van der Waals surface area contributed by atoms with E-state index in [1.807, 2.05) is 19.2 Å². The van der Waals surface area contributed by atoms with Gasteiger partial charge in [0.25, 0.3) is 0 Å². The Balaban J connectivity index is 2.94. The number of hydrogen-bond acceptors (Lipinski definition) is 1. The van der Waals surface area contributed by atoms with Crippen LogP contribution in [0.3, 0.4) is 0 Å². The highest BCUT2D eigenvalue weighted by Crippen LogP contribution is 2.25. The topological polar surface area (TPSA) is 12.9 Å². The molecule has 0 N–H and O–H groups in total. The van der Waals surface area contributed by atoms with Crippen molar-refractivity contribution in [3.8, 4) is 0 Å². The van der Waals surface area contributed by atoms with Gasteiger partial charge in [-0.05, 0) is 22.6 Å². The zero-order valence-corrected chi connectivity index (χ0v) is 9.57. The molecule has 2 atom stereocenters. The molecule has 0 fully saturated rings. The molecule has 0 bridgehead atoms. The average molecular weight is 191 g/mol. The van der Waals surface area contributed by atoms with Crippen LogP contribution in [0.25, 0.3) is 0 Å². The highest BCUT2D eigenvalue weighted by Gasteiger charge is 2.14. The van der Waals surface area contributed by atoms with Crippen molar-refractivity contribution in [1.82, 2.24) is 4.98 Å². The third-order valence-electron chi connectivity index (χ3n) is 2.00. The fraction of sp³-hybridized carbons (Fsp3) is 0.500. The second-order valence-corrected chi connectivity index (χ2v) is 5.11. The van der Waals surface area contributed by atoms with Crippen molar-refractivity contribution in [2.75, 3.05) is 0 Å². The fourth-order valence-electron chi connectivity index (χ4n) is 1.07. The predicted molar refractivity (Wildman–Crippen MR) is 61.1 cm³/mol. The van der Waals surface area contributed by atoms with Gasteiger partial charge in [0, 0.05) is 11.9 Å². The molecule has 1 aromatic heterocycles. The molecule has 0 aliphatic carbocycles. The van der Waals surface area contributed by atoms with Gasteiger partial charge in [0.2, 0.25) is 0 Å². The first kappa shape index (κ1) is 10.7. The lowest BCUT2D eigenvalue weighted by Gasteiger charge is -2.18. The van der Waals surface area contributed by atoms with Crippen LogP contribution in [0, 0.1) is 0 Å². The van der Waals surface area contributed by atoms with Gasteiger partial charge in [-0.3, -0.25) is 4.98 Å². The normalized spacial score (nSPS) is 15.8. The average Bonchev–Trinajstić information content (AvgIpc) is 2.03. The molecule has 1 rings (SSSR count). The van der Waals surface area contributed by atoms with Gasteiger partial charge in [0.1, 0.15) is 0 Å². The molecule has 0 aliphatic heterocycles. The van der Waals surface area contributed by atoms with Crippen LogP contribution in [0.15, 0.2) is 18.3 Å². The molecule has 0 aliphatic rings. The van der Waals surface area contributed by atoms with Crippen LogP contribution in [0.2, 0.25) is 0 Å². The summed E-state index contributed by atoms with van der Waals surface area (Å²) in [5.74, 6) is 0.523. The number of rotatable bonds is 2. The van der Waals surface area contributed by atoms with E-state index >= 15 is 0 Å². The van der Waals surface area contributed by atoms with Crippen molar-refractivity contribution in [1.29, 1.82) is 0 Å². The van der Waals surface area contributed by atoms with E-state index in [-0.39, 0.29) is 0 Å². The summed E-state index contributed by atoms with van der Waals surface area (Å²) in [6.45, 7) is 6.23. The van der Waals surface area contributed by atoms with Crippen molar-refractivity contribution < 1.29 is 0 Å². The Kier molecular flexibility index (Phi) is 3.13. The maximum Gasteiger partial charge on any atom is 0.0885 e. The van der Waals surface area contributed by atoms with Gasteiger partial charge >= 0.3 is 0 Å². The minimum atomic E-state index is -0.421. The molecule has 0 amide bonds. The third-order valence-corrected chi connectivity index (χ3v) is 2.30. The number of nitrogens with zero attached hydrogens (tertiary/aromatic N) is 1. The van der Waals surface area contributed by atoms with E-state index in [2.05, 4.69) is 34.1 Å². The maximum absolute atomic E-state index is 5.88. The Hall–Kier alpha value is -0.355. The van der Waals surface area contributed by atoms with Gasteiger partial charge in [-0.1, -0.05) is 26.8 Å². The van der Waals surface area contributed by atoms with E-state index in [1.54, 1.807) is 0 Å². The van der Waals surface area contributed by atoms with Crippen LogP contribution >= 0.6 is 9.24 Å². The molecule has 13 heavy (non-hydrogen) atoms. The monoisotopic (exact) mass is 191 g/mol. The summed E-state index contributed by atoms with van der Waals surface area (Å²) in [6.07, 6.45) is 1.90. The minimum Gasteiger partial charge on any atom is -0.261 e. The quantitative estimate of drug-likeness (QED) is 0.516. The van der Waals surface area contributed by atoms with Crippen molar-refractivity contribution in [3.05, 3.63) is 29.6 Å². The van der Waals surface area contributed by atoms with Gasteiger partial charge in [0.05, 0.1) is 7.85 Å². The molecular formula is C10H15BNP. The molecule has 0 aromatic carbocycles. The largest absolute Gasteiger partial charge is 0.261 e.